The number of sulfone groups is 1. The normalized spacial score (nSPS) is 12.5. The number of ether oxygens (including phenoxy) is 1. The Kier molecular flexibility index (Phi) is 4.39. The van der Waals surface area contributed by atoms with Gasteiger partial charge in [0.1, 0.15) is 17.1 Å². The highest BCUT2D eigenvalue weighted by atomic mass is 32.2. The van der Waals surface area contributed by atoms with Crippen LogP contribution in [0.5, 0.6) is 5.75 Å². The highest BCUT2D eigenvalue weighted by Gasteiger charge is 2.31. The van der Waals surface area contributed by atoms with E-state index in [4.69, 9.17) is 0 Å². The summed E-state index contributed by atoms with van der Waals surface area (Å²) in [6.45, 7) is 1.53. The summed E-state index contributed by atoms with van der Waals surface area (Å²) >= 11 is 0. The van der Waals surface area contributed by atoms with Gasteiger partial charge in [0, 0.05) is 18.7 Å². The SMILES string of the molecule is CCS(=O)(=O)c1ccccc1-c1nc2cc(OC(F)(F)F)cnc2n1C. The van der Waals surface area contributed by atoms with Gasteiger partial charge in [-0.25, -0.2) is 18.4 Å². The van der Waals surface area contributed by atoms with Gasteiger partial charge in [0.05, 0.1) is 16.8 Å². The van der Waals surface area contributed by atoms with Gasteiger partial charge in [-0.1, -0.05) is 19.1 Å². The van der Waals surface area contributed by atoms with Crippen LogP contribution < -0.4 is 4.74 Å². The second-order valence-electron chi connectivity index (χ2n) is 5.46. The number of halogens is 3. The summed E-state index contributed by atoms with van der Waals surface area (Å²) in [4.78, 5) is 8.32. The molecule has 0 fully saturated rings. The summed E-state index contributed by atoms with van der Waals surface area (Å²) in [5.41, 5.74) is 0.819. The number of pyridine rings is 1. The maximum Gasteiger partial charge on any atom is 0.573 e. The van der Waals surface area contributed by atoms with Crippen molar-refractivity contribution in [2.24, 2.45) is 7.05 Å². The van der Waals surface area contributed by atoms with E-state index in [1.165, 1.54) is 17.6 Å². The predicted molar refractivity (Wildman–Crippen MR) is 88.4 cm³/mol. The number of aromatic nitrogens is 3. The van der Waals surface area contributed by atoms with E-state index >= 15 is 0 Å². The quantitative estimate of drug-likeness (QED) is 0.689. The minimum Gasteiger partial charge on any atom is -0.404 e. The van der Waals surface area contributed by atoms with Gasteiger partial charge in [-0.2, -0.15) is 0 Å². The van der Waals surface area contributed by atoms with Crippen LogP contribution in [0.1, 0.15) is 6.92 Å². The van der Waals surface area contributed by atoms with Gasteiger partial charge in [0.2, 0.25) is 0 Å². The minimum atomic E-state index is -4.84. The number of alkyl halides is 3. The van der Waals surface area contributed by atoms with Crippen LogP contribution in [0.15, 0.2) is 41.4 Å². The fraction of sp³-hybridized carbons (Fsp3) is 0.250. The highest BCUT2D eigenvalue weighted by Crippen LogP contribution is 2.31. The van der Waals surface area contributed by atoms with Crippen molar-refractivity contribution in [2.45, 2.75) is 18.2 Å². The lowest BCUT2D eigenvalue weighted by Crippen LogP contribution is -2.17. The number of imidazole rings is 1. The van der Waals surface area contributed by atoms with E-state index in [0.29, 0.717) is 11.2 Å². The Hall–Kier alpha value is -2.62. The summed E-state index contributed by atoms with van der Waals surface area (Å²) in [5, 5.41) is 0. The fourth-order valence-corrected chi connectivity index (χ4v) is 3.66. The second-order valence-corrected chi connectivity index (χ2v) is 7.70. The first-order chi connectivity index (χ1) is 12.1. The number of aryl methyl sites for hydroxylation is 1. The van der Waals surface area contributed by atoms with Crippen LogP contribution >= 0.6 is 0 Å². The first-order valence-corrected chi connectivity index (χ1v) is 9.18. The molecule has 0 aliphatic carbocycles. The van der Waals surface area contributed by atoms with Crippen molar-refractivity contribution in [1.82, 2.24) is 14.5 Å². The maximum atomic E-state index is 12.4. The van der Waals surface area contributed by atoms with E-state index in [1.54, 1.807) is 25.2 Å². The van der Waals surface area contributed by atoms with Gasteiger partial charge in [-0.3, -0.25) is 0 Å². The van der Waals surface area contributed by atoms with Crippen molar-refractivity contribution in [3.63, 3.8) is 0 Å². The zero-order valence-electron chi connectivity index (χ0n) is 13.8. The van der Waals surface area contributed by atoms with Crippen molar-refractivity contribution < 1.29 is 26.3 Å². The zero-order chi connectivity index (χ0) is 19.1. The van der Waals surface area contributed by atoms with Crippen molar-refractivity contribution in [1.29, 1.82) is 0 Å². The Morgan fingerprint density at radius 1 is 1.23 bits per heavy atom. The molecule has 0 amide bonds. The molecule has 10 heteroatoms. The molecule has 3 rings (SSSR count). The van der Waals surface area contributed by atoms with E-state index in [9.17, 15) is 21.6 Å². The first-order valence-electron chi connectivity index (χ1n) is 7.53. The number of benzene rings is 1. The number of hydrogen-bond donors (Lipinski definition) is 0. The molecule has 0 N–H and O–H groups in total. The van der Waals surface area contributed by atoms with Crippen molar-refractivity contribution in [3.05, 3.63) is 36.5 Å². The molecule has 2 aromatic heterocycles. The number of hydrogen-bond acceptors (Lipinski definition) is 5. The molecule has 3 aromatic rings. The number of fused-ring (bicyclic) bond motifs is 1. The zero-order valence-corrected chi connectivity index (χ0v) is 14.6. The predicted octanol–water partition coefficient (Wildman–Crippen LogP) is 3.33. The van der Waals surface area contributed by atoms with E-state index < -0.39 is 21.9 Å². The van der Waals surface area contributed by atoms with Crippen LogP contribution in [-0.2, 0) is 16.9 Å². The summed E-state index contributed by atoms with van der Waals surface area (Å²) in [6, 6.07) is 7.43. The van der Waals surface area contributed by atoms with E-state index in [2.05, 4.69) is 14.7 Å². The number of nitrogens with zero attached hydrogens (tertiary/aromatic N) is 3. The topological polar surface area (TPSA) is 74.1 Å². The van der Waals surface area contributed by atoms with Gasteiger partial charge in [-0.15, -0.1) is 13.2 Å². The Morgan fingerprint density at radius 3 is 2.58 bits per heavy atom. The molecule has 0 spiro atoms. The third-order valence-corrected chi connectivity index (χ3v) is 5.55. The van der Waals surface area contributed by atoms with Gasteiger partial charge < -0.3 is 9.30 Å². The van der Waals surface area contributed by atoms with E-state index in [-0.39, 0.29) is 22.0 Å². The molecule has 0 aliphatic heterocycles. The lowest BCUT2D eigenvalue weighted by molar-refractivity contribution is -0.274. The molecule has 0 unspecified atom stereocenters. The molecule has 0 radical (unpaired) electrons. The molecule has 2 heterocycles. The highest BCUT2D eigenvalue weighted by molar-refractivity contribution is 7.91. The minimum absolute atomic E-state index is 0.0875. The lowest BCUT2D eigenvalue weighted by Gasteiger charge is -2.09. The van der Waals surface area contributed by atoms with E-state index in [0.717, 1.165) is 12.3 Å². The van der Waals surface area contributed by atoms with Gasteiger partial charge in [0.25, 0.3) is 0 Å². The fourth-order valence-electron chi connectivity index (χ4n) is 2.57. The molecule has 0 bridgehead atoms. The number of rotatable bonds is 4. The average Bonchev–Trinajstić information content (AvgIpc) is 2.89. The Balaban J connectivity index is 2.17. The summed E-state index contributed by atoms with van der Waals surface area (Å²) in [5.74, 6) is -0.302. The monoisotopic (exact) mass is 385 g/mol. The van der Waals surface area contributed by atoms with Crippen LogP contribution in [0.4, 0.5) is 13.2 Å². The van der Waals surface area contributed by atoms with Crippen molar-refractivity contribution in [2.75, 3.05) is 5.75 Å². The Bertz CT molecular complexity index is 1080. The van der Waals surface area contributed by atoms with Crippen LogP contribution in [0.2, 0.25) is 0 Å². The molecule has 26 heavy (non-hydrogen) atoms. The van der Waals surface area contributed by atoms with Gasteiger partial charge in [-0.05, 0) is 12.1 Å². The molecule has 0 aliphatic rings. The smallest absolute Gasteiger partial charge is 0.404 e. The van der Waals surface area contributed by atoms with Crippen LogP contribution in [0.25, 0.3) is 22.6 Å². The maximum absolute atomic E-state index is 12.4. The summed E-state index contributed by atoms with van der Waals surface area (Å²) < 4.78 is 67.2. The lowest BCUT2D eigenvalue weighted by atomic mass is 10.2. The molecule has 6 nitrogen and oxygen atoms in total. The molecular formula is C16H14F3N3O3S. The third kappa shape index (κ3) is 3.36. The van der Waals surface area contributed by atoms with Gasteiger partial charge in [0.15, 0.2) is 15.5 Å². The standard InChI is InChI=1S/C16H14F3N3O3S/c1-3-26(23,24)13-7-5-4-6-11(13)14-21-12-8-10(25-16(17,18)19)9-20-15(12)22(14)2/h4-9H,3H2,1-2H3. The van der Waals surface area contributed by atoms with Crippen molar-refractivity contribution in [3.8, 4) is 17.1 Å². The molecule has 138 valence electrons. The molecule has 1 aromatic carbocycles. The second kappa shape index (κ2) is 6.27. The molecule has 0 saturated heterocycles. The van der Waals surface area contributed by atoms with Crippen molar-refractivity contribution >= 4 is 21.0 Å². The van der Waals surface area contributed by atoms with Gasteiger partial charge >= 0.3 is 6.36 Å². The third-order valence-electron chi connectivity index (χ3n) is 3.76. The molecule has 0 atom stereocenters. The van der Waals surface area contributed by atoms with Crippen LogP contribution in [0.3, 0.4) is 0 Å². The molecule has 0 saturated carbocycles. The first kappa shape index (κ1) is 18.2. The average molecular weight is 385 g/mol. The van der Waals surface area contributed by atoms with E-state index in [1.807, 2.05) is 0 Å². The molecular weight excluding hydrogens is 371 g/mol. The summed E-state index contributed by atoms with van der Waals surface area (Å²) in [6.07, 6.45) is -3.90. The van der Waals surface area contributed by atoms with Crippen LogP contribution in [-0.4, -0.2) is 35.1 Å². The Morgan fingerprint density at radius 2 is 1.92 bits per heavy atom. The Labute approximate surface area is 147 Å². The largest absolute Gasteiger partial charge is 0.573 e. The van der Waals surface area contributed by atoms with Crippen LogP contribution in [0, 0.1) is 0 Å². The summed E-state index contributed by atoms with van der Waals surface area (Å²) in [7, 11) is -1.90.